The first-order valence-electron chi connectivity index (χ1n) is 6.20. The average Bonchev–Trinajstić information content (AvgIpc) is 2.46. The van der Waals surface area contributed by atoms with Gasteiger partial charge in [0.25, 0.3) is 0 Å². The molecule has 1 N–H and O–H groups in total. The molecule has 0 aliphatic carbocycles. The van der Waals surface area contributed by atoms with Crippen molar-refractivity contribution in [3.63, 3.8) is 0 Å². The lowest BCUT2D eigenvalue weighted by molar-refractivity contribution is 0.415. The molecule has 0 aromatic heterocycles. The lowest BCUT2D eigenvalue weighted by atomic mass is 10.1. The van der Waals surface area contributed by atoms with Gasteiger partial charge in [0.2, 0.25) is 0 Å². The molecule has 98 valence electrons. The van der Waals surface area contributed by atoms with Crippen LogP contribution in [-0.4, -0.2) is 12.8 Å². The van der Waals surface area contributed by atoms with Gasteiger partial charge in [0.05, 0.1) is 18.5 Å². The summed E-state index contributed by atoms with van der Waals surface area (Å²) in [5.74, 6) is 0.850. The van der Waals surface area contributed by atoms with E-state index in [1.807, 2.05) is 43.3 Å². The number of methoxy groups -OCH3 is 1. The zero-order valence-corrected chi connectivity index (χ0v) is 11.5. The van der Waals surface area contributed by atoms with Crippen molar-refractivity contribution in [2.75, 3.05) is 12.5 Å². The van der Waals surface area contributed by atoms with E-state index in [9.17, 15) is 0 Å². The fourth-order valence-electron chi connectivity index (χ4n) is 1.67. The van der Waals surface area contributed by atoms with Crippen LogP contribution >= 0.6 is 0 Å². The molecular formula is C16H18N2O. The molecule has 3 heteroatoms. The molecule has 2 rings (SSSR count). The van der Waals surface area contributed by atoms with Crippen molar-refractivity contribution in [1.29, 1.82) is 0 Å². The van der Waals surface area contributed by atoms with E-state index in [0.29, 0.717) is 0 Å². The fraction of sp³-hybridized carbons (Fsp3) is 0.188. The minimum absolute atomic E-state index is 0.850. The summed E-state index contributed by atoms with van der Waals surface area (Å²) < 4.78 is 5.13. The van der Waals surface area contributed by atoms with Crippen LogP contribution in [0.4, 0.5) is 5.69 Å². The smallest absolute Gasteiger partial charge is 0.118 e. The van der Waals surface area contributed by atoms with Crippen LogP contribution < -0.4 is 10.2 Å². The summed E-state index contributed by atoms with van der Waals surface area (Å²) in [7, 11) is 1.66. The van der Waals surface area contributed by atoms with Crippen molar-refractivity contribution in [2.24, 2.45) is 5.10 Å². The Hall–Kier alpha value is -2.29. The first kappa shape index (κ1) is 13.1. The maximum Gasteiger partial charge on any atom is 0.118 e. The van der Waals surface area contributed by atoms with Gasteiger partial charge in [0.1, 0.15) is 5.75 Å². The predicted molar refractivity (Wildman–Crippen MR) is 80.0 cm³/mol. The minimum Gasteiger partial charge on any atom is -0.497 e. The van der Waals surface area contributed by atoms with Gasteiger partial charge in [-0.3, -0.25) is 5.43 Å². The van der Waals surface area contributed by atoms with Gasteiger partial charge in [-0.2, -0.15) is 5.10 Å². The molecule has 0 aliphatic rings. The summed E-state index contributed by atoms with van der Waals surface area (Å²) in [5, 5.41) is 4.38. The van der Waals surface area contributed by atoms with Crippen LogP contribution in [0, 0.1) is 6.92 Å². The van der Waals surface area contributed by atoms with E-state index in [-0.39, 0.29) is 0 Å². The van der Waals surface area contributed by atoms with Crippen LogP contribution in [0.25, 0.3) is 0 Å². The molecule has 0 unspecified atom stereocenters. The summed E-state index contributed by atoms with van der Waals surface area (Å²) in [6, 6.07) is 16.0. The minimum atomic E-state index is 0.850. The highest BCUT2D eigenvalue weighted by atomic mass is 16.5. The second-order valence-electron chi connectivity index (χ2n) is 4.40. The highest BCUT2D eigenvalue weighted by Gasteiger charge is 1.98. The maximum atomic E-state index is 5.13. The van der Waals surface area contributed by atoms with E-state index in [1.54, 1.807) is 7.11 Å². The van der Waals surface area contributed by atoms with Crippen LogP contribution in [0.5, 0.6) is 5.75 Å². The highest BCUT2D eigenvalue weighted by Crippen LogP contribution is 2.13. The van der Waals surface area contributed by atoms with Crippen LogP contribution in [0.15, 0.2) is 53.6 Å². The Labute approximate surface area is 113 Å². The second-order valence-corrected chi connectivity index (χ2v) is 4.40. The van der Waals surface area contributed by atoms with Gasteiger partial charge in [-0.25, -0.2) is 0 Å². The predicted octanol–water partition coefficient (Wildman–Crippen LogP) is 3.84. The summed E-state index contributed by atoms with van der Waals surface area (Å²) in [6.07, 6.45) is 0. The molecule has 2 aromatic rings. The fourth-order valence-corrected chi connectivity index (χ4v) is 1.67. The maximum absolute atomic E-state index is 5.13. The topological polar surface area (TPSA) is 33.6 Å². The van der Waals surface area contributed by atoms with E-state index in [4.69, 9.17) is 4.74 Å². The zero-order chi connectivity index (χ0) is 13.7. The number of ether oxygens (including phenoxy) is 1. The molecule has 0 saturated carbocycles. The Morgan fingerprint density at radius 3 is 2.21 bits per heavy atom. The van der Waals surface area contributed by atoms with Crippen molar-refractivity contribution in [1.82, 2.24) is 0 Å². The number of hydrazone groups is 1. The normalized spacial score (nSPS) is 11.2. The Morgan fingerprint density at radius 2 is 1.63 bits per heavy atom. The van der Waals surface area contributed by atoms with Gasteiger partial charge in [-0.05, 0) is 55.8 Å². The van der Waals surface area contributed by atoms with Crippen molar-refractivity contribution >= 4 is 11.4 Å². The van der Waals surface area contributed by atoms with Crippen LogP contribution in [0.2, 0.25) is 0 Å². The molecule has 0 heterocycles. The summed E-state index contributed by atoms with van der Waals surface area (Å²) >= 11 is 0. The first-order valence-corrected chi connectivity index (χ1v) is 6.20. The van der Waals surface area contributed by atoms with Gasteiger partial charge in [-0.1, -0.05) is 17.7 Å². The molecule has 0 spiro atoms. The summed E-state index contributed by atoms with van der Waals surface area (Å²) in [4.78, 5) is 0. The van der Waals surface area contributed by atoms with E-state index in [2.05, 4.69) is 29.6 Å². The van der Waals surface area contributed by atoms with Gasteiger partial charge in [-0.15, -0.1) is 0 Å². The number of aryl methyl sites for hydroxylation is 1. The van der Waals surface area contributed by atoms with Crippen LogP contribution in [0.3, 0.4) is 0 Å². The van der Waals surface area contributed by atoms with Gasteiger partial charge >= 0.3 is 0 Å². The van der Waals surface area contributed by atoms with Crippen LogP contribution in [0.1, 0.15) is 18.1 Å². The van der Waals surface area contributed by atoms with Gasteiger partial charge in [0.15, 0.2) is 0 Å². The van der Waals surface area contributed by atoms with Gasteiger partial charge in [0, 0.05) is 0 Å². The van der Waals surface area contributed by atoms with Crippen molar-refractivity contribution < 1.29 is 4.74 Å². The zero-order valence-electron chi connectivity index (χ0n) is 11.5. The van der Waals surface area contributed by atoms with Crippen molar-refractivity contribution in [2.45, 2.75) is 13.8 Å². The molecule has 0 saturated heterocycles. The molecule has 0 bridgehead atoms. The SMILES string of the molecule is COc1ccc(/C(C)=N\Nc2ccc(C)cc2)cc1. The van der Waals surface area contributed by atoms with Crippen molar-refractivity contribution in [3.05, 3.63) is 59.7 Å². The number of nitrogens with zero attached hydrogens (tertiary/aromatic N) is 1. The standard InChI is InChI=1S/C16H18N2O/c1-12-4-8-15(9-5-12)18-17-13(2)14-6-10-16(19-3)11-7-14/h4-11,18H,1-3H3/b17-13-. The molecule has 0 amide bonds. The Balaban J connectivity index is 2.07. The molecule has 2 aromatic carbocycles. The Morgan fingerprint density at radius 1 is 1.00 bits per heavy atom. The third-order valence-electron chi connectivity index (χ3n) is 2.91. The van der Waals surface area contributed by atoms with Crippen molar-refractivity contribution in [3.8, 4) is 5.75 Å². The molecule has 0 atom stereocenters. The molecule has 0 fully saturated rings. The van der Waals surface area contributed by atoms with E-state index in [1.165, 1.54) is 5.56 Å². The van der Waals surface area contributed by atoms with Crippen LogP contribution in [-0.2, 0) is 0 Å². The molecule has 0 radical (unpaired) electrons. The second kappa shape index (κ2) is 6.05. The number of rotatable bonds is 4. The molecule has 0 aliphatic heterocycles. The largest absolute Gasteiger partial charge is 0.497 e. The number of benzene rings is 2. The lowest BCUT2D eigenvalue weighted by Crippen LogP contribution is -1.99. The molecule has 3 nitrogen and oxygen atoms in total. The quantitative estimate of drug-likeness (QED) is 0.664. The summed E-state index contributed by atoms with van der Waals surface area (Å²) in [6.45, 7) is 4.04. The monoisotopic (exact) mass is 254 g/mol. The Bertz CT molecular complexity index is 556. The van der Waals surface area contributed by atoms with Gasteiger partial charge < -0.3 is 4.74 Å². The van der Waals surface area contributed by atoms with E-state index < -0.39 is 0 Å². The molecule has 19 heavy (non-hydrogen) atoms. The number of anilines is 1. The average molecular weight is 254 g/mol. The number of nitrogens with one attached hydrogen (secondary N) is 1. The van der Waals surface area contributed by atoms with E-state index in [0.717, 1.165) is 22.7 Å². The number of hydrogen-bond donors (Lipinski definition) is 1. The third kappa shape index (κ3) is 3.58. The summed E-state index contributed by atoms with van der Waals surface area (Å²) in [5.41, 5.74) is 7.28. The molecular weight excluding hydrogens is 236 g/mol. The number of hydrogen-bond acceptors (Lipinski definition) is 3. The van der Waals surface area contributed by atoms with E-state index >= 15 is 0 Å². The lowest BCUT2D eigenvalue weighted by Gasteiger charge is -2.05. The highest BCUT2D eigenvalue weighted by molar-refractivity contribution is 5.99. The first-order chi connectivity index (χ1) is 9.19. The third-order valence-corrected chi connectivity index (χ3v) is 2.91. The Kier molecular flexibility index (Phi) is 4.18.